The van der Waals surface area contributed by atoms with Crippen molar-refractivity contribution in [1.29, 1.82) is 0 Å². The van der Waals surface area contributed by atoms with Crippen LogP contribution >= 0.6 is 0 Å². The second-order valence-electron chi connectivity index (χ2n) is 6.43. The maximum Gasteiger partial charge on any atom is 0.325 e. The number of esters is 1. The molecule has 3 rings (SSSR count). The summed E-state index contributed by atoms with van der Waals surface area (Å²) in [6.45, 7) is 1.38. The Hall–Kier alpha value is -3.88. The molecule has 0 radical (unpaired) electrons. The zero-order valence-corrected chi connectivity index (χ0v) is 16.8. The molecule has 1 amide bonds. The summed E-state index contributed by atoms with van der Waals surface area (Å²) in [5.41, 5.74) is 1.78. The average Bonchev–Trinajstić information content (AvgIpc) is 2.75. The van der Waals surface area contributed by atoms with E-state index in [1.165, 1.54) is 30.8 Å². The van der Waals surface area contributed by atoms with Crippen molar-refractivity contribution >= 4 is 17.5 Å². The summed E-state index contributed by atoms with van der Waals surface area (Å²) in [7, 11) is 2.96. The number of aryl methyl sites for hydroxylation is 1. The number of hydrogen-bond acceptors (Lipinski definition) is 7. The minimum atomic E-state index is -0.657. The van der Waals surface area contributed by atoms with Crippen molar-refractivity contribution in [2.24, 2.45) is 0 Å². The Morgan fingerprint density at radius 2 is 1.83 bits per heavy atom. The third kappa shape index (κ3) is 4.75. The van der Waals surface area contributed by atoms with E-state index >= 15 is 0 Å². The van der Waals surface area contributed by atoms with Crippen LogP contribution in [0.4, 0.5) is 0 Å². The lowest BCUT2D eigenvalue weighted by Crippen LogP contribution is -2.30. The predicted molar refractivity (Wildman–Crippen MR) is 108 cm³/mol. The fraction of sp³-hybridized carbons (Fsp3) is 0.238. The molecular weight excluding hydrogens is 390 g/mol. The summed E-state index contributed by atoms with van der Waals surface area (Å²) < 4.78 is 16.8. The molecule has 0 bridgehead atoms. The number of ether oxygens (including phenoxy) is 3. The lowest BCUT2D eigenvalue weighted by atomic mass is 10.2. The number of carbonyl (C=O) groups is 2. The van der Waals surface area contributed by atoms with Gasteiger partial charge in [-0.25, -0.2) is 4.98 Å². The number of carbonyl (C=O) groups excluding carboxylic acids is 2. The zero-order chi connectivity index (χ0) is 21.7. The molecule has 2 heterocycles. The molecule has 30 heavy (non-hydrogen) atoms. The van der Waals surface area contributed by atoms with Crippen LogP contribution in [0.1, 0.15) is 21.6 Å². The van der Waals surface area contributed by atoms with Crippen LogP contribution in [0.3, 0.4) is 0 Å². The molecule has 0 unspecified atom stereocenters. The largest absolute Gasteiger partial charge is 0.493 e. The number of hydrogen-bond donors (Lipinski definition) is 1. The minimum absolute atomic E-state index is 0.176. The van der Waals surface area contributed by atoms with Gasteiger partial charge in [0, 0.05) is 17.8 Å². The second-order valence-corrected chi connectivity index (χ2v) is 6.43. The number of nitrogens with one attached hydrogen (secondary N) is 1. The highest BCUT2D eigenvalue weighted by Crippen LogP contribution is 2.27. The highest BCUT2D eigenvalue weighted by molar-refractivity contribution is 5.96. The first-order valence-electron chi connectivity index (χ1n) is 9.06. The van der Waals surface area contributed by atoms with Gasteiger partial charge < -0.3 is 19.5 Å². The van der Waals surface area contributed by atoms with Crippen molar-refractivity contribution in [3.05, 3.63) is 69.8 Å². The number of pyridine rings is 1. The van der Waals surface area contributed by atoms with Crippen LogP contribution in [-0.4, -0.2) is 42.0 Å². The smallest absolute Gasteiger partial charge is 0.325 e. The summed E-state index contributed by atoms with van der Waals surface area (Å²) in [6, 6.07) is 9.52. The van der Waals surface area contributed by atoms with Crippen LogP contribution in [0.5, 0.6) is 11.5 Å². The Kier molecular flexibility index (Phi) is 6.31. The molecule has 3 aromatic rings. The quantitative estimate of drug-likeness (QED) is 0.587. The first kappa shape index (κ1) is 20.8. The third-order valence-electron chi connectivity index (χ3n) is 4.30. The summed E-state index contributed by atoms with van der Waals surface area (Å²) in [4.78, 5) is 40.7. The topological polar surface area (TPSA) is 108 Å². The van der Waals surface area contributed by atoms with E-state index < -0.39 is 11.9 Å². The molecule has 1 N–H and O–H groups in total. The van der Waals surface area contributed by atoms with E-state index in [2.05, 4.69) is 10.3 Å². The molecule has 9 nitrogen and oxygen atoms in total. The Bertz CT molecular complexity index is 1160. The fourth-order valence-corrected chi connectivity index (χ4v) is 2.77. The lowest BCUT2D eigenvalue weighted by molar-refractivity contribution is -0.143. The van der Waals surface area contributed by atoms with Crippen LogP contribution in [0.15, 0.2) is 47.4 Å². The van der Waals surface area contributed by atoms with E-state index in [1.54, 1.807) is 30.5 Å². The van der Waals surface area contributed by atoms with Crippen LogP contribution in [0.2, 0.25) is 0 Å². The van der Waals surface area contributed by atoms with E-state index in [-0.39, 0.29) is 18.7 Å². The van der Waals surface area contributed by atoms with Gasteiger partial charge >= 0.3 is 5.97 Å². The summed E-state index contributed by atoms with van der Waals surface area (Å²) in [6.07, 6.45) is 1.64. The molecule has 156 valence electrons. The highest BCUT2D eigenvalue weighted by atomic mass is 16.5. The van der Waals surface area contributed by atoms with Crippen molar-refractivity contribution in [3.63, 3.8) is 0 Å². The number of aromatic nitrogens is 2. The molecule has 2 aromatic heterocycles. The molecule has 0 saturated heterocycles. The van der Waals surface area contributed by atoms with E-state index in [4.69, 9.17) is 14.2 Å². The van der Waals surface area contributed by atoms with Gasteiger partial charge in [0.1, 0.15) is 18.8 Å². The van der Waals surface area contributed by atoms with Gasteiger partial charge in [-0.2, -0.15) is 0 Å². The first-order chi connectivity index (χ1) is 14.4. The fourth-order valence-electron chi connectivity index (χ4n) is 2.77. The molecule has 0 aliphatic heterocycles. The maximum atomic E-state index is 12.2. The van der Waals surface area contributed by atoms with Crippen molar-refractivity contribution in [2.75, 3.05) is 20.8 Å². The van der Waals surface area contributed by atoms with Crippen molar-refractivity contribution in [3.8, 4) is 11.5 Å². The van der Waals surface area contributed by atoms with Crippen LogP contribution in [0.25, 0.3) is 5.65 Å². The average molecular weight is 411 g/mol. The van der Waals surface area contributed by atoms with Gasteiger partial charge in [0.05, 0.1) is 19.9 Å². The molecule has 0 atom stereocenters. The van der Waals surface area contributed by atoms with Gasteiger partial charge in [-0.05, 0) is 42.8 Å². The van der Waals surface area contributed by atoms with E-state index in [0.29, 0.717) is 28.4 Å². The minimum Gasteiger partial charge on any atom is -0.493 e. The zero-order valence-electron chi connectivity index (χ0n) is 16.8. The van der Waals surface area contributed by atoms with Gasteiger partial charge in [-0.1, -0.05) is 0 Å². The van der Waals surface area contributed by atoms with Crippen LogP contribution in [0, 0.1) is 6.92 Å². The number of nitrogens with zero attached hydrogens (tertiary/aromatic N) is 2. The van der Waals surface area contributed by atoms with E-state index in [9.17, 15) is 14.4 Å². The number of rotatable bonds is 7. The standard InChI is InChI=1S/C21H21N3O6/c1-13-6-7-24-18(8-13)23-15(10-19(24)25)12-30-20(26)11-22-21(27)14-4-5-16(28-2)17(9-14)29-3/h4-10H,11-12H2,1-3H3,(H,22,27). The van der Waals surface area contributed by atoms with Crippen LogP contribution in [-0.2, 0) is 16.1 Å². The monoisotopic (exact) mass is 411 g/mol. The summed E-state index contributed by atoms with van der Waals surface area (Å²) >= 11 is 0. The van der Waals surface area contributed by atoms with Crippen LogP contribution < -0.4 is 20.3 Å². The summed E-state index contributed by atoms with van der Waals surface area (Å²) in [5.74, 6) is -0.236. The Morgan fingerprint density at radius 3 is 2.57 bits per heavy atom. The molecule has 9 heteroatoms. The maximum absolute atomic E-state index is 12.2. The molecule has 0 aliphatic carbocycles. The number of methoxy groups -OCH3 is 2. The molecular formula is C21H21N3O6. The van der Waals surface area contributed by atoms with Gasteiger partial charge in [0.25, 0.3) is 11.5 Å². The van der Waals surface area contributed by atoms with Gasteiger partial charge in [0.15, 0.2) is 11.5 Å². The van der Waals surface area contributed by atoms with Crippen molar-refractivity contribution < 1.29 is 23.8 Å². The molecule has 1 aromatic carbocycles. The van der Waals surface area contributed by atoms with Gasteiger partial charge in [-0.3, -0.25) is 18.8 Å². The van der Waals surface area contributed by atoms with E-state index in [1.807, 2.05) is 6.92 Å². The number of benzene rings is 1. The summed E-state index contributed by atoms with van der Waals surface area (Å²) in [5, 5.41) is 2.48. The van der Waals surface area contributed by atoms with Crippen molar-refractivity contribution in [1.82, 2.24) is 14.7 Å². The van der Waals surface area contributed by atoms with Gasteiger partial charge in [0.2, 0.25) is 0 Å². The Balaban J connectivity index is 1.58. The molecule has 0 aliphatic rings. The first-order valence-corrected chi connectivity index (χ1v) is 9.06. The SMILES string of the molecule is COc1ccc(C(=O)NCC(=O)OCc2cc(=O)n3ccc(C)cc3n2)cc1OC. The molecule has 0 spiro atoms. The number of fused-ring (bicyclic) bond motifs is 1. The molecule has 0 fully saturated rings. The Labute approximate surface area is 172 Å². The highest BCUT2D eigenvalue weighted by Gasteiger charge is 2.13. The predicted octanol–water partition coefficient (Wildman–Crippen LogP) is 1.49. The normalized spacial score (nSPS) is 10.5. The van der Waals surface area contributed by atoms with Gasteiger partial charge in [-0.15, -0.1) is 0 Å². The van der Waals surface area contributed by atoms with Crippen molar-refractivity contribution in [2.45, 2.75) is 13.5 Å². The third-order valence-corrected chi connectivity index (χ3v) is 4.30. The number of amides is 1. The second kappa shape index (κ2) is 9.08. The van der Waals surface area contributed by atoms with E-state index in [0.717, 1.165) is 5.56 Å². The molecule has 0 saturated carbocycles. The lowest BCUT2D eigenvalue weighted by Gasteiger charge is -2.10. The Morgan fingerprint density at radius 1 is 1.07 bits per heavy atom.